The molecule has 0 radical (unpaired) electrons. The Labute approximate surface area is 218 Å². The molecule has 36 heavy (non-hydrogen) atoms. The van der Waals surface area contributed by atoms with Gasteiger partial charge in [-0.15, -0.1) is 11.3 Å². The zero-order valence-electron chi connectivity index (χ0n) is 21.2. The van der Waals surface area contributed by atoms with Gasteiger partial charge in [0, 0.05) is 43.0 Å². The van der Waals surface area contributed by atoms with Crippen molar-refractivity contribution in [3.8, 4) is 0 Å². The fourth-order valence-corrected chi connectivity index (χ4v) is 5.63. The van der Waals surface area contributed by atoms with Crippen molar-refractivity contribution in [3.63, 3.8) is 0 Å². The molecule has 0 spiro atoms. The molecule has 1 saturated carbocycles. The monoisotopic (exact) mass is 507 g/mol. The van der Waals surface area contributed by atoms with Crippen LogP contribution in [0.25, 0.3) is 0 Å². The highest BCUT2D eigenvalue weighted by atomic mass is 32.1. The number of benzene rings is 1. The molecule has 1 fully saturated rings. The summed E-state index contributed by atoms with van der Waals surface area (Å²) in [4.78, 5) is 31.6. The highest BCUT2D eigenvalue weighted by Gasteiger charge is 2.29. The highest BCUT2D eigenvalue weighted by molar-refractivity contribution is 7.10. The van der Waals surface area contributed by atoms with Crippen LogP contribution in [0.15, 0.2) is 66.2 Å². The molecule has 0 bridgehead atoms. The molecule has 1 aliphatic carbocycles. The summed E-state index contributed by atoms with van der Waals surface area (Å²) in [6.07, 6.45) is 7.95. The third kappa shape index (κ3) is 7.31. The van der Waals surface area contributed by atoms with Gasteiger partial charge in [-0.25, -0.2) is 0 Å². The first kappa shape index (κ1) is 26.2. The van der Waals surface area contributed by atoms with Gasteiger partial charge < -0.3 is 19.1 Å². The lowest BCUT2D eigenvalue weighted by molar-refractivity contribution is -0.143. The molecule has 0 aliphatic heterocycles. The quantitative estimate of drug-likeness (QED) is 0.348. The lowest BCUT2D eigenvalue weighted by Gasteiger charge is -2.36. The molecule has 0 N–H and O–H groups in total. The van der Waals surface area contributed by atoms with Gasteiger partial charge in [-0.3, -0.25) is 9.59 Å². The molecule has 4 rings (SSSR count). The number of hydrogen-bond acceptors (Lipinski definition) is 4. The standard InChI is InChI=1S/C29H37N3O3S/c1-35-18-17-31(28(33)20-27-15-9-19-36-27)23-29(34)32(25-12-6-3-7-13-25)22-26-14-8-16-30(26)21-24-10-4-2-5-11-24/h2,4-5,8-11,14-16,19,25H,3,6-7,12-13,17-18,20-23H2,1H3. The fourth-order valence-electron chi connectivity index (χ4n) is 4.94. The van der Waals surface area contributed by atoms with E-state index in [9.17, 15) is 9.59 Å². The number of hydrogen-bond donors (Lipinski definition) is 0. The molecule has 192 valence electrons. The van der Waals surface area contributed by atoms with E-state index in [4.69, 9.17) is 4.74 Å². The average molecular weight is 508 g/mol. The fraction of sp³-hybridized carbons (Fsp3) is 0.448. The summed E-state index contributed by atoms with van der Waals surface area (Å²) in [5, 5.41) is 1.97. The first-order valence-electron chi connectivity index (χ1n) is 12.9. The van der Waals surface area contributed by atoms with E-state index in [1.165, 1.54) is 12.0 Å². The molecule has 0 atom stereocenters. The van der Waals surface area contributed by atoms with E-state index in [-0.39, 0.29) is 24.4 Å². The Hall–Kier alpha value is -2.90. The average Bonchev–Trinajstić information content (AvgIpc) is 3.58. The van der Waals surface area contributed by atoms with Gasteiger partial charge in [0.05, 0.1) is 26.1 Å². The summed E-state index contributed by atoms with van der Waals surface area (Å²) < 4.78 is 7.48. The van der Waals surface area contributed by atoms with E-state index in [2.05, 4.69) is 47.2 Å². The summed E-state index contributed by atoms with van der Waals surface area (Å²) in [5.74, 6) is -0.0103. The lowest BCUT2D eigenvalue weighted by Crippen LogP contribution is -2.48. The van der Waals surface area contributed by atoms with Crippen molar-refractivity contribution in [1.29, 1.82) is 0 Å². The van der Waals surface area contributed by atoms with Gasteiger partial charge in [-0.05, 0) is 42.0 Å². The molecule has 3 aromatic rings. The second-order valence-corrected chi connectivity index (χ2v) is 10.5. The Morgan fingerprint density at radius 2 is 1.81 bits per heavy atom. The summed E-state index contributed by atoms with van der Waals surface area (Å²) in [6, 6.07) is 18.7. The molecule has 0 unspecified atom stereocenters. The van der Waals surface area contributed by atoms with Crippen LogP contribution < -0.4 is 0 Å². The number of thiophene rings is 1. The van der Waals surface area contributed by atoms with Crippen LogP contribution >= 0.6 is 11.3 Å². The summed E-state index contributed by atoms with van der Waals surface area (Å²) in [5.41, 5.74) is 2.35. The van der Waals surface area contributed by atoms with Gasteiger partial charge in [-0.2, -0.15) is 0 Å². The summed E-state index contributed by atoms with van der Waals surface area (Å²) in [7, 11) is 1.62. The lowest BCUT2D eigenvalue weighted by atomic mass is 9.94. The minimum atomic E-state index is -0.0288. The first-order valence-corrected chi connectivity index (χ1v) is 13.8. The molecular weight excluding hydrogens is 470 g/mol. The second-order valence-electron chi connectivity index (χ2n) is 9.49. The van der Waals surface area contributed by atoms with Crippen molar-refractivity contribution in [1.82, 2.24) is 14.4 Å². The van der Waals surface area contributed by atoms with Gasteiger partial charge in [-0.1, -0.05) is 55.7 Å². The van der Waals surface area contributed by atoms with Gasteiger partial charge >= 0.3 is 0 Å². The smallest absolute Gasteiger partial charge is 0.242 e. The Balaban J connectivity index is 1.50. The predicted octanol–water partition coefficient (Wildman–Crippen LogP) is 4.98. The third-order valence-electron chi connectivity index (χ3n) is 6.94. The van der Waals surface area contributed by atoms with Crippen molar-refractivity contribution in [2.75, 3.05) is 26.8 Å². The Morgan fingerprint density at radius 1 is 1.00 bits per heavy atom. The SMILES string of the molecule is COCCN(CC(=O)N(Cc1cccn1Cc1ccccc1)C1CCCCC1)C(=O)Cc1cccs1. The highest BCUT2D eigenvalue weighted by Crippen LogP contribution is 2.25. The minimum absolute atomic E-state index is 0.0185. The maximum atomic E-state index is 13.8. The van der Waals surface area contributed by atoms with Crippen LogP contribution in [0.2, 0.25) is 0 Å². The van der Waals surface area contributed by atoms with Crippen molar-refractivity contribution in [3.05, 3.63) is 82.3 Å². The second kappa shape index (κ2) is 13.4. The predicted molar refractivity (Wildman–Crippen MR) is 144 cm³/mol. The van der Waals surface area contributed by atoms with E-state index >= 15 is 0 Å². The van der Waals surface area contributed by atoms with Crippen LogP contribution in [-0.2, 0) is 33.8 Å². The van der Waals surface area contributed by atoms with Gasteiger partial charge in [0.1, 0.15) is 0 Å². The number of amides is 2. The molecule has 2 aromatic heterocycles. The minimum Gasteiger partial charge on any atom is -0.383 e. The van der Waals surface area contributed by atoms with Crippen molar-refractivity contribution in [2.24, 2.45) is 0 Å². The number of aromatic nitrogens is 1. The van der Waals surface area contributed by atoms with Gasteiger partial charge in [0.15, 0.2) is 0 Å². The summed E-state index contributed by atoms with van der Waals surface area (Å²) in [6.45, 7) is 2.24. The van der Waals surface area contributed by atoms with E-state index in [0.717, 1.165) is 42.8 Å². The van der Waals surface area contributed by atoms with E-state index < -0.39 is 0 Å². The van der Waals surface area contributed by atoms with Crippen LogP contribution in [0.4, 0.5) is 0 Å². The number of carbonyl (C=O) groups is 2. The molecule has 1 aliphatic rings. The maximum Gasteiger partial charge on any atom is 0.242 e. The number of methoxy groups -OCH3 is 1. The van der Waals surface area contributed by atoms with E-state index in [1.807, 2.05) is 28.5 Å². The first-order chi connectivity index (χ1) is 17.6. The zero-order chi connectivity index (χ0) is 25.2. The summed E-state index contributed by atoms with van der Waals surface area (Å²) >= 11 is 1.57. The Morgan fingerprint density at radius 3 is 2.53 bits per heavy atom. The molecule has 2 amide bonds. The molecule has 0 saturated heterocycles. The number of carbonyl (C=O) groups excluding carboxylic acids is 2. The maximum absolute atomic E-state index is 13.8. The van der Waals surface area contributed by atoms with Crippen LogP contribution in [0.5, 0.6) is 0 Å². The van der Waals surface area contributed by atoms with E-state index in [1.54, 1.807) is 23.3 Å². The van der Waals surface area contributed by atoms with Crippen LogP contribution in [0.1, 0.15) is 48.2 Å². The van der Waals surface area contributed by atoms with Crippen LogP contribution in [0, 0.1) is 0 Å². The number of ether oxygens (including phenoxy) is 1. The topological polar surface area (TPSA) is 54.8 Å². The Kier molecular flexibility index (Phi) is 9.76. The molecule has 1 aromatic carbocycles. The normalized spacial score (nSPS) is 14.0. The molecular formula is C29H37N3O3S. The molecule has 2 heterocycles. The van der Waals surface area contributed by atoms with Crippen LogP contribution in [0.3, 0.4) is 0 Å². The molecule has 7 heteroatoms. The zero-order valence-corrected chi connectivity index (χ0v) is 22.0. The van der Waals surface area contributed by atoms with E-state index in [0.29, 0.717) is 26.1 Å². The number of nitrogens with zero attached hydrogens (tertiary/aromatic N) is 3. The number of rotatable bonds is 12. The molecule has 6 nitrogen and oxygen atoms in total. The van der Waals surface area contributed by atoms with Crippen LogP contribution in [-0.4, -0.2) is 59.0 Å². The van der Waals surface area contributed by atoms with Gasteiger partial charge in [0.25, 0.3) is 0 Å². The van der Waals surface area contributed by atoms with Crippen molar-refractivity contribution < 1.29 is 14.3 Å². The largest absolute Gasteiger partial charge is 0.383 e. The van der Waals surface area contributed by atoms with Crippen molar-refractivity contribution >= 4 is 23.2 Å². The van der Waals surface area contributed by atoms with Gasteiger partial charge in [0.2, 0.25) is 11.8 Å². The Bertz CT molecular complexity index is 1070. The van der Waals surface area contributed by atoms with Crippen molar-refractivity contribution in [2.45, 2.75) is 57.7 Å². The third-order valence-corrected chi connectivity index (χ3v) is 7.81.